The van der Waals surface area contributed by atoms with Crippen LogP contribution in [0.4, 0.5) is 5.69 Å². The molecule has 128 valence electrons. The van der Waals surface area contributed by atoms with Crippen LogP contribution in [0.2, 0.25) is 0 Å². The molecule has 1 aromatic carbocycles. The van der Waals surface area contributed by atoms with Gasteiger partial charge >= 0.3 is 0 Å². The summed E-state index contributed by atoms with van der Waals surface area (Å²) >= 11 is 0. The molecule has 1 aliphatic rings. The number of rotatable bonds is 10. The zero-order chi connectivity index (χ0) is 16.3. The van der Waals surface area contributed by atoms with Gasteiger partial charge in [-0.2, -0.15) is 0 Å². The van der Waals surface area contributed by atoms with Crippen molar-refractivity contribution in [3.8, 4) is 5.75 Å². The van der Waals surface area contributed by atoms with Gasteiger partial charge < -0.3 is 20.1 Å². The average Bonchev–Trinajstić information content (AvgIpc) is 3.36. The summed E-state index contributed by atoms with van der Waals surface area (Å²) in [4.78, 5) is 4.64. The van der Waals surface area contributed by atoms with Gasteiger partial charge in [-0.3, -0.25) is 4.99 Å². The molecular weight excluding hydrogens is 290 g/mol. The van der Waals surface area contributed by atoms with Crippen molar-refractivity contribution >= 4 is 11.6 Å². The summed E-state index contributed by atoms with van der Waals surface area (Å²) in [5.74, 6) is 2.61. The number of methoxy groups -OCH3 is 1. The van der Waals surface area contributed by atoms with Crippen LogP contribution in [0.5, 0.6) is 5.75 Å². The van der Waals surface area contributed by atoms with Gasteiger partial charge in [-0.15, -0.1) is 0 Å². The molecule has 1 fully saturated rings. The van der Waals surface area contributed by atoms with Crippen molar-refractivity contribution in [3.05, 3.63) is 24.3 Å². The normalized spacial score (nSPS) is 14.6. The Balaban J connectivity index is 1.84. The van der Waals surface area contributed by atoms with Crippen LogP contribution in [-0.2, 0) is 4.74 Å². The molecule has 0 unspecified atom stereocenters. The summed E-state index contributed by atoms with van der Waals surface area (Å²) in [6.07, 6.45) is 4.84. The van der Waals surface area contributed by atoms with E-state index in [1.54, 1.807) is 7.11 Å². The number of nitrogens with one attached hydrogen (secondary N) is 2. The predicted octanol–water partition coefficient (Wildman–Crippen LogP) is 3.28. The Morgan fingerprint density at radius 1 is 1.30 bits per heavy atom. The molecule has 23 heavy (non-hydrogen) atoms. The van der Waals surface area contributed by atoms with E-state index < -0.39 is 0 Å². The maximum atomic E-state index is 5.73. The van der Waals surface area contributed by atoms with Crippen LogP contribution < -0.4 is 15.4 Å². The van der Waals surface area contributed by atoms with Crippen LogP contribution in [0, 0.1) is 5.92 Å². The molecule has 0 radical (unpaired) electrons. The lowest BCUT2D eigenvalue weighted by Crippen LogP contribution is -2.30. The lowest BCUT2D eigenvalue weighted by atomic mass is 10.3. The Hall–Kier alpha value is -1.75. The number of hydrogen-bond donors (Lipinski definition) is 2. The molecule has 0 atom stereocenters. The molecule has 2 N–H and O–H groups in total. The fourth-order valence-corrected chi connectivity index (χ4v) is 2.27. The van der Waals surface area contributed by atoms with E-state index in [9.17, 15) is 0 Å². The van der Waals surface area contributed by atoms with Gasteiger partial charge in [0.2, 0.25) is 0 Å². The van der Waals surface area contributed by atoms with E-state index >= 15 is 0 Å². The van der Waals surface area contributed by atoms with Gasteiger partial charge in [0.05, 0.1) is 6.61 Å². The first-order valence-electron chi connectivity index (χ1n) is 8.59. The zero-order valence-electron chi connectivity index (χ0n) is 14.3. The summed E-state index contributed by atoms with van der Waals surface area (Å²) in [7, 11) is 1.70. The summed E-state index contributed by atoms with van der Waals surface area (Å²) in [5, 5.41) is 6.64. The SMILES string of the molecule is CCNC(=NCCC1CC1)Nc1cccc(OCCCOC)c1. The minimum absolute atomic E-state index is 0.660. The third-order valence-corrected chi connectivity index (χ3v) is 3.71. The van der Waals surface area contributed by atoms with Gasteiger partial charge in [0.1, 0.15) is 5.75 Å². The molecule has 0 heterocycles. The van der Waals surface area contributed by atoms with E-state index in [0.717, 1.165) is 49.4 Å². The summed E-state index contributed by atoms with van der Waals surface area (Å²) in [6, 6.07) is 7.98. The van der Waals surface area contributed by atoms with Gasteiger partial charge in [-0.1, -0.05) is 18.9 Å². The second kappa shape index (κ2) is 10.1. The Morgan fingerprint density at radius 2 is 2.17 bits per heavy atom. The molecule has 5 nitrogen and oxygen atoms in total. The topological polar surface area (TPSA) is 54.9 Å². The number of guanidine groups is 1. The van der Waals surface area contributed by atoms with Crippen molar-refractivity contribution in [2.24, 2.45) is 10.9 Å². The molecule has 5 heteroatoms. The molecule has 0 aliphatic heterocycles. The molecule has 1 aliphatic carbocycles. The molecular formula is C18H29N3O2. The van der Waals surface area contributed by atoms with E-state index in [2.05, 4.69) is 22.5 Å². The molecule has 0 bridgehead atoms. The van der Waals surface area contributed by atoms with Crippen molar-refractivity contribution < 1.29 is 9.47 Å². The third-order valence-electron chi connectivity index (χ3n) is 3.71. The Kier molecular flexibility index (Phi) is 7.73. The molecule has 0 saturated heterocycles. The van der Waals surface area contributed by atoms with Crippen molar-refractivity contribution in [2.45, 2.75) is 32.6 Å². The van der Waals surface area contributed by atoms with E-state index in [1.807, 2.05) is 24.3 Å². The number of ether oxygens (including phenoxy) is 2. The Labute approximate surface area is 139 Å². The number of aliphatic imine (C=N–C) groups is 1. The number of nitrogens with zero attached hydrogens (tertiary/aromatic N) is 1. The van der Waals surface area contributed by atoms with Crippen LogP contribution in [0.3, 0.4) is 0 Å². The summed E-state index contributed by atoms with van der Waals surface area (Å²) in [6.45, 7) is 5.19. The molecule has 0 spiro atoms. The highest BCUT2D eigenvalue weighted by Gasteiger charge is 2.20. The van der Waals surface area contributed by atoms with Gasteiger partial charge in [-0.05, 0) is 31.4 Å². The minimum Gasteiger partial charge on any atom is -0.493 e. The second-order valence-corrected chi connectivity index (χ2v) is 5.84. The lowest BCUT2D eigenvalue weighted by molar-refractivity contribution is 0.172. The quantitative estimate of drug-likeness (QED) is 0.395. The molecule has 1 aromatic rings. The Morgan fingerprint density at radius 3 is 2.91 bits per heavy atom. The average molecular weight is 319 g/mol. The lowest BCUT2D eigenvalue weighted by Gasteiger charge is -2.13. The van der Waals surface area contributed by atoms with Crippen molar-refractivity contribution in [1.29, 1.82) is 0 Å². The van der Waals surface area contributed by atoms with E-state index in [-0.39, 0.29) is 0 Å². The summed E-state index contributed by atoms with van der Waals surface area (Å²) < 4.78 is 10.8. The molecule has 0 aromatic heterocycles. The van der Waals surface area contributed by atoms with Gasteiger partial charge in [0, 0.05) is 45.0 Å². The monoisotopic (exact) mass is 319 g/mol. The van der Waals surface area contributed by atoms with Crippen molar-refractivity contribution in [2.75, 3.05) is 38.7 Å². The number of anilines is 1. The van der Waals surface area contributed by atoms with E-state index in [0.29, 0.717) is 6.61 Å². The molecule has 2 rings (SSSR count). The first kappa shape index (κ1) is 17.6. The van der Waals surface area contributed by atoms with Crippen molar-refractivity contribution in [1.82, 2.24) is 5.32 Å². The highest BCUT2D eigenvalue weighted by atomic mass is 16.5. The summed E-state index contributed by atoms with van der Waals surface area (Å²) in [5.41, 5.74) is 0.986. The van der Waals surface area contributed by atoms with E-state index in [1.165, 1.54) is 19.3 Å². The van der Waals surface area contributed by atoms with Crippen LogP contribution in [0.1, 0.15) is 32.6 Å². The molecule has 1 saturated carbocycles. The third kappa shape index (κ3) is 7.37. The number of benzene rings is 1. The highest BCUT2D eigenvalue weighted by molar-refractivity contribution is 5.93. The minimum atomic E-state index is 0.660. The van der Waals surface area contributed by atoms with Crippen LogP contribution >= 0.6 is 0 Å². The standard InChI is InChI=1S/C18H29N3O2/c1-3-19-18(20-11-10-15-8-9-15)21-16-6-4-7-17(14-16)23-13-5-12-22-2/h4,6-7,14-15H,3,5,8-13H2,1-2H3,(H2,19,20,21). The van der Waals surface area contributed by atoms with Crippen molar-refractivity contribution in [3.63, 3.8) is 0 Å². The van der Waals surface area contributed by atoms with Crippen LogP contribution in [0.25, 0.3) is 0 Å². The van der Waals surface area contributed by atoms with Crippen LogP contribution in [0.15, 0.2) is 29.3 Å². The predicted molar refractivity (Wildman–Crippen MR) is 95.4 cm³/mol. The highest BCUT2D eigenvalue weighted by Crippen LogP contribution is 2.32. The van der Waals surface area contributed by atoms with Crippen LogP contribution in [-0.4, -0.2) is 39.4 Å². The molecule has 0 amide bonds. The first-order valence-corrected chi connectivity index (χ1v) is 8.59. The fourth-order valence-electron chi connectivity index (χ4n) is 2.27. The maximum Gasteiger partial charge on any atom is 0.195 e. The Bertz CT molecular complexity index is 487. The van der Waals surface area contributed by atoms with Gasteiger partial charge in [-0.25, -0.2) is 0 Å². The maximum absolute atomic E-state index is 5.73. The van der Waals surface area contributed by atoms with Gasteiger partial charge in [0.25, 0.3) is 0 Å². The number of hydrogen-bond acceptors (Lipinski definition) is 3. The fraction of sp³-hybridized carbons (Fsp3) is 0.611. The first-order chi connectivity index (χ1) is 11.3. The zero-order valence-corrected chi connectivity index (χ0v) is 14.3. The van der Waals surface area contributed by atoms with Gasteiger partial charge in [0.15, 0.2) is 5.96 Å². The van der Waals surface area contributed by atoms with E-state index in [4.69, 9.17) is 9.47 Å². The smallest absolute Gasteiger partial charge is 0.195 e. The second-order valence-electron chi connectivity index (χ2n) is 5.84. The largest absolute Gasteiger partial charge is 0.493 e.